The van der Waals surface area contributed by atoms with E-state index in [1.54, 1.807) is 7.11 Å². The van der Waals surface area contributed by atoms with Crippen LogP contribution in [0.4, 0.5) is 0 Å². The molecule has 2 saturated heterocycles. The molecule has 1 aromatic carbocycles. The van der Waals surface area contributed by atoms with Gasteiger partial charge in [0.2, 0.25) is 0 Å². The van der Waals surface area contributed by atoms with Gasteiger partial charge in [0, 0.05) is 17.6 Å². The molecular formula is C16H23NO2. The van der Waals surface area contributed by atoms with Crippen molar-refractivity contribution >= 4 is 0 Å². The maximum Gasteiger partial charge on any atom is 0.124 e. The smallest absolute Gasteiger partial charge is 0.124 e. The van der Waals surface area contributed by atoms with E-state index < -0.39 is 0 Å². The van der Waals surface area contributed by atoms with Gasteiger partial charge < -0.3 is 14.4 Å². The molecule has 2 unspecified atom stereocenters. The van der Waals surface area contributed by atoms with E-state index in [9.17, 15) is 0 Å². The molecule has 0 N–H and O–H groups in total. The largest absolute Gasteiger partial charge is 0.496 e. The quantitative estimate of drug-likeness (QED) is 0.832. The second-order valence-electron chi connectivity index (χ2n) is 5.77. The molecule has 3 nitrogen and oxygen atoms in total. The van der Waals surface area contributed by atoms with Gasteiger partial charge in [0.15, 0.2) is 0 Å². The highest BCUT2D eigenvalue weighted by atomic mass is 16.5. The minimum atomic E-state index is 0.415. The number of nitrogens with zero attached hydrogens (tertiary/aromatic N) is 1. The Morgan fingerprint density at radius 2 is 1.84 bits per heavy atom. The lowest BCUT2D eigenvalue weighted by Gasteiger charge is -2.36. The summed E-state index contributed by atoms with van der Waals surface area (Å²) in [5.74, 6) is 0.929. The molecule has 104 valence electrons. The molecule has 3 heteroatoms. The molecule has 2 fully saturated rings. The van der Waals surface area contributed by atoms with Gasteiger partial charge in [-0.1, -0.05) is 18.2 Å². The average molecular weight is 261 g/mol. The Hall–Kier alpha value is -1.06. The first kappa shape index (κ1) is 12.9. The predicted molar refractivity (Wildman–Crippen MR) is 75.4 cm³/mol. The summed E-state index contributed by atoms with van der Waals surface area (Å²) in [6, 6.07) is 9.60. The molecular weight excluding hydrogens is 238 g/mol. The van der Waals surface area contributed by atoms with E-state index in [0.717, 1.165) is 23.4 Å². The standard InChI is InChI=1S/C16H23NO2/c1-17-13-7-8-14(17)10-15(9-13)19-11-12-5-3-4-6-16(12)18-2/h3-6,13-15H,7-11H2,1-2H3. The monoisotopic (exact) mass is 261 g/mol. The highest BCUT2D eigenvalue weighted by Crippen LogP contribution is 2.36. The molecule has 2 aliphatic heterocycles. The van der Waals surface area contributed by atoms with Crippen molar-refractivity contribution in [1.82, 2.24) is 4.90 Å². The van der Waals surface area contributed by atoms with E-state index in [-0.39, 0.29) is 0 Å². The third kappa shape index (κ3) is 2.63. The number of para-hydroxylation sites is 1. The number of hydrogen-bond acceptors (Lipinski definition) is 3. The van der Waals surface area contributed by atoms with E-state index >= 15 is 0 Å². The molecule has 2 atom stereocenters. The Kier molecular flexibility index (Phi) is 3.76. The Morgan fingerprint density at radius 1 is 1.16 bits per heavy atom. The van der Waals surface area contributed by atoms with Crippen molar-refractivity contribution < 1.29 is 9.47 Å². The number of fused-ring (bicyclic) bond motifs is 2. The van der Waals surface area contributed by atoms with Crippen LogP contribution in [0.1, 0.15) is 31.2 Å². The number of hydrogen-bond donors (Lipinski definition) is 0. The van der Waals surface area contributed by atoms with Gasteiger partial charge >= 0.3 is 0 Å². The first-order valence-electron chi connectivity index (χ1n) is 7.23. The van der Waals surface area contributed by atoms with Crippen molar-refractivity contribution in [2.75, 3.05) is 14.2 Å². The van der Waals surface area contributed by atoms with Gasteiger partial charge in [-0.05, 0) is 38.8 Å². The number of benzene rings is 1. The Morgan fingerprint density at radius 3 is 2.53 bits per heavy atom. The van der Waals surface area contributed by atoms with Crippen LogP contribution in [0, 0.1) is 0 Å². The summed E-state index contributed by atoms with van der Waals surface area (Å²) in [6.07, 6.45) is 5.47. The van der Waals surface area contributed by atoms with E-state index in [1.807, 2.05) is 18.2 Å². The highest BCUT2D eigenvalue weighted by molar-refractivity contribution is 5.32. The van der Waals surface area contributed by atoms with Crippen molar-refractivity contribution in [3.05, 3.63) is 29.8 Å². The lowest BCUT2D eigenvalue weighted by molar-refractivity contribution is -0.0216. The van der Waals surface area contributed by atoms with Crippen LogP contribution in [0.3, 0.4) is 0 Å². The van der Waals surface area contributed by atoms with Gasteiger partial charge in [-0.2, -0.15) is 0 Å². The highest BCUT2D eigenvalue weighted by Gasteiger charge is 2.38. The number of piperidine rings is 1. The maximum atomic E-state index is 6.13. The zero-order valence-electron chi connectivity index (χ0n) is 11.8. The number of rotatable bonds is 4. The minimum absolute atomic E-state index is 0.415. The summed E-state index contributed by atoms with van der Waals surface area (Å²) in [5, 5.41) is 0. The first-order chi connectivity index (χ1) is 9.28. The van der Waals surface area contributed by atoms with Crippen LogP contribution in [-0.4, -0.2) is 37.2 Å². The third-order valence-corrected chi connectivity index (χ3v) is 4.72. The SMILES string of the molecule is COc1ccccc1COC1CC2CCC(C1)N2C. The molecule has 2 bridgehead atoms. The van der Waals surface area contributed by atoms with Crippen molar-refractivity contribution in [3.8, 4) is 5.75 Å². The van der Waals surface area contributed by atoms with E-state index in [4.69, 9.17) is 9.47 Å². The number of ether oxygens (including phenoxy) is 2. The summed E-state index contributed by atoms with van der Waals surface area (Å²) in [6.45, 7) is 0.665. The molecule has 0 aliphatic carbocycles. The zero-order valence-corrected chi connectivity index (χ0v) is 11.8. The minimum Gasteiger partial charge on any atom is -0.496 e. The van der Waals surface area contributed by atoms with Crippen molar-refractivity contribution in [3.63, 3.8) is 0 Å². The number of methoxy groups -OCH3 is 1. The second kappa shape index (κ2) is 5.51. The third-order valence-electron chi connectivity index (χ3n) is 4.72. The van der Waals surface area contributed by atoms with Crippen LogP contribution in [0.15, 0.2) is 24.3 Å². The Balaban J connectivity index is 1.58. The Bertz CT molecular complexity index is 421. The van der Waals surface area contributed by atoms with Crippen LogP contribution in [0.5, 0.6) is 5.75 Å². The van der Waals surface area contributed by atoms with Gasteiger partial charge in [-0.3, -0.25) is 0 Å². The summed E-state index contributed by atoms with van der Waals surface area (Å²) in [7, 11) is 3.98. The lowest BCUT2D eigenvalue weighted by Crippen LogP contribution is -2.42. The normalized spacial score (nSPS) is 30.5. The summed E-state index contributed by atoms with van der Waals surface area (Å²) in [5.41, 5.74) is 1.15. The predicted octanol–water partition coefficient (Wildman–Crippen LogP) is 2.84. The fourth-order valence-electron chi connectivity index (χ4n) is 3.53. The summed E-state index contributed by atoms with van der Waals surface area (Å²) >= 11 is 0. The van der Waals surface area contributed by atoms with Crippen LogP contribution in [-0.2, 0) is 11.3 Å². The molecule has 0 radical (unpaired) electrons. The second-order valence-corrected chi connectivity index (χ2v) is 5.77. The zero-order chi connectivity index (χ0) is 13.2. The van der Waals surface area contributed by atoms with Gasteiger partial charge in [0.1, 0.15) is 5.75 Å². The van der Waals surface area contributed by atoms with E-state index in [0.29, 0.717) is 12.7 Å². The van der Waals surface area contributed by atoms with Gasteiger partial charge in [0.05, 0.1) is 19.8 Å². The van der Waals surface area contributed by atoms with Gasteiger partial charge in [-0.25, -0.2) is 0 Å². The Labute approximate surface area is 115 Å². The summed E-state index contributed by atoms with van der Waals surface area (Å²) < 4.78 is 11.5. The molecule has 0 aromatic heterocycles. The lowest BCUT2D eigenvalue weighted by atomic mass is 10.0. The van der Waals surface area contributed by atoms with E-state index in [2.05, 4.69) is 18.0 Å². The molecule has 1 aromatic rings. The van der Waals surface area contributed by atoms with E-state index in [1.165, 1.54) is 25.7 Å². The van der Waals surface area contributed by atoms with Crippen LogP contribution in [0.2, 0.25) is 0 Å². The molecule has 0 saturated carbocycles. The molecule has 0 spiro atoms. The van der Waals surface area contributed by atoms with Gasteiger partial charge in [0.25, 0.3) is 0 Å². The molecule has 2 heterocycles. The molecule has 3 rings (SSSR count). The van der Waals surface area contributed by atoms with Crippen LogP contribution >= 0.6 is 0 Å². The average Bonchev–Trinajstić information content (AvgIpc) is 2.67. The fourth-order valence-corrected chi connectivity index (χ4v) is 3.53. The molecule has 19 heavy (non-hydrogen) atoms. The first-order valence-corrected chi connectivity index (χ1v) is 7.23. The van der Waals surface area contributed by atoms with Crippen molar-refractivity contribution in [1.29, 1.82) is 0 Å². The van der Waals surface area contributed by atoms with Crippen LogP contribution < -0.4 is 4.74 Å². The van der Waals surface area contributed by atoms with Gasteiger partial charge in [-0.15, -0.1) is 0 Å². The van der Waals surface area contributed by atoms with Crippen molar-refractivity contribution in [2.45, 2.75) is 50.5 Å². The maximum absolute atomic E-state index is 6.13. The van der Waals surface area contributed by atoms with Crippen LogP contribution in [0.25, 0.3) is 0 Å². The molecule has 2 aliphatic rings. The summed E-state index contributed by atoms with van der Waals surface area (Å²) in [4.78, 5) is 2.54. The van der Waals surface area contributed by atoms with Crippen molar-refractivity contribution in [2.24, 2.45) is 0 Å². The fraction of sp³-hybridized carbons (Fsp3) is 0.625. The topological polar surface area (TPSA) is 21.7 Å². The molecule has 0 amide bonds.